The Bertz CT molecular complexity index is 1490. The van der Waals surface area contributed by atoms with E-state index in [0.717, 1.165) is 37.9 Å². The van der Waals surface area contributed by atoms with Crippen LogP contribution >= 0.6 is 0 Å². The van der Waals surface area contributed by atoms with E-state index < -0.39 is 18.1 Å². The van der Waals surface area contributed by atoms with Crippen molar-refractivity contribution in [1.29, 1.82) is 0 Å². The lowest BCUT2D eigenvalue weighted by Gasteiger charge is -2.25. The maximum absolute atomic E-state index is 12.7. The molecule has 7 heteroatoms. The van der Waals surface area contributed by atoms with Crippen LogP contribution in [-0.4, -0.2) is 35.3 Å². The number of methoxy groups -OCH3 is 1. The van der Waals surface area contributed by atoms with Gasteiger partial charge in [-0.15, -0.1) is 0 Å². The Morgan fingerprint density at radius 1 is 0.971 bits per heavy atom. The molecule has 7 nitrogen and oxygen atoms in total. The summed E-state index contributed by atoms with van der Waals surface area (Å²) in [5.41, 5.74) is 4.39. The third-order valence-electron chi connectivity index (χ3n) is 5.87. The number of H-pyrrole nitrogens is 1. The van der Waals surface area contributed by atoms with Crippen LogP contribution in [0.25, 0.3) is 33.0 Å². The number of aromatic nitrogens is 1. The van der Waals surface area contributed by atoms with Crippen LogP contribution in [0.5, 0.6) is 0 Å². The van der Waals surface area contributed by atoms with E-state index in [4.69, 9.17) is 9.15 Å². The van der Waals surface area contributed by atoms with Gasteiger partial charge in [0, 0.05) is 29.6 Å². The van der Waals surface area contributed by atoms with Crippen molar-refractivity contribution in [3.8, 4) is 11.1 Å². The molecule has 0 saturated heterocycles. The Labute approximate surface area is 195 Å². The number of nitrogens with one attached hydrogen (secondary N) is 1. The number of carboxylic acids is 1. The van der Waals surface area contributed by atoms with E-state index in [1.165, 1.54) is 7.11 Å². The molecular weight excluding hydrogens is 432 g/mol. The van der Waals surface area contributed by atoms with Gasteiger partial charge in [0.15, 0.2) is 0 Å². The Balaban J connectivity index is 1.54. The Morgan fingerprint density at radius 3 is 2.44 bits per heavy atom. The standard InChI is InChI=1S/C27H22N2O5/c1-33-27(32)29(23(26(30)31)13-17-5-3-2-4-6-17)25-16-21-15-19(8-10-24(21)34-25)18-7-9-22-20(14-18)11-12-28-22/h2-12,14-16,23,28H,13H2,1H3,(H,30,31)/t23-/m1/s1. The summed E-state index contributed by atoms with van der Waals surface area (Å²) in [6.07, 6.45) is 1.19. The van der Waals surface area contributed by atoms with E-state index in [9.17, 15) is 14.7 Å². The maximum atomic E-state index is 12.7. The molecule has 0 unspecified atom stereocenters. The fraction of sp³-hybridized carbons (Fsp3) is 0.111. The van der Waals surface area contributed by atoms with Crippen molar-refractivity contribution in [3.05, 3.63) is 90.6 Å². The van der Waals surface area contributed by atoms with E-state index in [0.29, 0.717) is 5.58 Å². The minimum Gasteiger partial charge on any atom is -0.480 e. The molecule has 34 heavy (non-hydrogen) atoms. The van der Waals surface area contributed by atoms with E-state index in [-0.39, 0.29) is 12.3 Å². The lowest BCUT2D eigenvalue weighted by Crippen LogP contribution is -2.46. The van der Waals surface area contributed by atoms with Crippen molar-refractivity contribution in [2.24, 2.45) is 0 Å². The van der Waals surface area contributed by atoms with Crippen LogP contribution < -0.4 is 4.90 Å². The monoisotopic (exact) mass is 454 g/mol. The molecule has 0 fully saturated rings. The number of amides is 1. The lowest BCUT2D eigenvalue weighted by molar-refractivity contribution is -0.138. The number of anilines is 1. The summed E-state index contributed by atoms with van der Waals surface area (Å²) in [7, 11) is 1.22. The first-order valence-electron chi connectivity index (χ1n) is 10.8. The van der Waals surface area contributed by atoms with Crippen molar-refractivity contribution in [2.45, 2.75) is 12.5 Å². The van der Waals surface area contributed by atoms with Gasteiger partial charge in [-0.3, -0.25) is 0 Å². The third kappa shape index (κ3) is 3.99. The van der Waals surface area contributed by atoms with Crippen molar-refractivity contribution in [1.82, 2.24) is 4.98 Å². The van der Waals surface area contributed by atoms with E-state index >= 15 is 0 Å². The highest BCUT2D eigenvalue weighted by Crippen LogP contribution is 2.33. The van der Waals surface area contributed by atoms with Gasteiger partial charge in [0.2, 0.25) is 5.88 Å². The Morgan fingerprint density at radius 2 is 1.71 bits per heavy atom. The van der Waals surface area contributed by atoms with E-state index in [1.54, 1.807) is 6.07 Å². The highest BCUT2D eigenvalue weighted by atomic mass is 16.5. The van der Waals surface area contributed by atoms with Gasteiger partial charge >= 0.3 is 12.1 Å². The molecular formula is C27H22N2O5. The van der Waals surface area contributed by atoms with Gasteiger partial charge in [0.1, 0.15) is 11.6 Å². The quantitative estimate of drug-likeness (QED) is 0.336. The number of benzene rings is 3. The van der Waals surface area contributed by atoms with E-state index in [1.807, 2.05) is 72.9 Å². The van der Waals surface area contributed by atoms with Crippen molar-refractivity contribution in [2.75, 3.05) is 12.0 Å². The molecule has 3 aromatic carbocycles. The molecule has 1 amide bonds. The highest BCUT2D eigenvalue weighted by molar-refractivity contribution is 5.97. The van der Waals surface area contributed by atoms with Gasteiger partial charge in [-0.2, -0.15) is 0 Å². The van der Waals surface area contributed by atoms with Crippen LogP contribution in [0.3, 0.4) is 0 Å². The fourth-order valence-electron chi connectivity index (χ4n) is 4.16. The Kier molecular flexibility index (Phi) is 5.51. The number of rotatable bonds is 6. The minimum absolute atomic E-state index is 0.101. The topological polar surface area (TPSA) is 95.8 Å². The number of hydrogen-bond donors (Lipinski definition) is 2. The summed E-state index contributed by atoms with van der Waals surface area (Å²) in [6.45, 7) is 0. The van der Waals surface area contributed by atoms with Crippen molar-refractivity contribution in [3.63, 3.8) is 0 Å². The minimum atomic E-state index is -1.20. The van der Waals surface area contributed by atoms with Crippen molar-refractivity contribution < 1.29 is 23.8 Å². The maximum Gasteiger partial charge on any atom is 0.417 e. The first-order chi connectivity index (χ1) is 16.5. The van der Waals surface area contributed by atoms with Crippen LogP contribution in [0, 0.1) is 0 Å². The molecule has 0 aliphatic rings. The summed E-state index contributed by atoms with van der Waals surface area (Å²) < 4.78 is 10.8. The zero-order valence-electron chi connectivity index (χ0n) is 18.4. The molecule has 0 radical (unpaired) electrons. The number of aliphatic carboxylic acids is 1. The molecule has 5 rings (SSSR count). The molecule has 0 aliphatic heterocycles. The molecule has 1 atom stereocenters. The zero-order valence-corrected chi connectivity index (χ0v) is 18.4. The largest absolute Gasteiger partial charge is 0.480 e. The number of fused-ring (bicyclic) bond motifs is 2. The summed E-state index contributed by atoms with van der Waals surface area (Å²) >= 11 is 0. The first kappa shape index (κ1) is 21.3. The predicted octanol–water partition coefficient (Wildman–Crippen LogP) is 5.85. The average Bonchev–Trinajstić information content (AvgIpc) is 3.49. The van der Waals surface area contributed by atoms with Gasteiger partial charge in [-0.05, 0) is 52.4 Å². The number of nitrogens with zero attached hydrogens (tertiary/aromatic N) is 1. The van der Waals surface area contributed by atoms with Crippen LogP contribution in [0.1, 0.15) is 5.56 Å². The average molecular weight is 454 g/mol. The molecule has 0 bridgehead atoms. The second kappa shape index (κ2) is 8.78. The summed E-state index contributed by atoms with van der Waals surface area (Å²) in [5.74, 6) is -1.04. The SMILES string of the molecule is COC(=O)N(c1cc2cc(-c3ccc4[nH]ccc4c3)ccc2o1)[C@H](Cc1ccccc1)C(=O)O. The van der Waals surface area contributed by atoms with E-state index in [2.05, 4.69) is 11.1 Å². The third-order valence-corrected chi connectivity index (χ3v) is 5.87. The van der Waals surface area contributed by atoms with Gasteiger partial charge in [0.25, 0.3) is 0 Å². The molecule has 2 N–H and O–H groups in total. The van der Waals surface area contributed by atoms with Gasteiger partial charge in [-0.25, -0.2) is 14.5 Å². The van der Waals surface area contributed by atoms with Crippen LogP contribution in [-0.2, 0) is 16.0 Å². The zero-order chi connectivity index (χ0) is 23.7. The van der Waals surface area contributed by atoms with Gasteiger partial charge < -0.3 is 19.2 Å². The first-order valence-corrected chi connectivity index (χ1v) is 10.8. The molecule has 0 aliphatic carbocycles. The second-order valence-electron chi connectivity index (χ2n) is 8.00. The summed E-state index contributed by atoms with van der Waals surface area (Å²) in [6, 6.07) is 23.5. The number of hydrogen-bond acceptors (Lipinski definition) is 4. The molecule has 5 aromatic rings. The predicted molar refractivity (Wildman–Crippen MR) is 130 cm³/mol. The smallest absolute Gasteiger partial charge is 0.417 e. The van der Waals surface area contributed by atoms with Crippen LogP contribution in [0.2, 0.25) is 0 Å². The van der Waals surface area contributed by atoms with Crippen LogP contribution in [0.4, 0.5) is 10.7 Å². The molecule has 2 heterocycles. The number of carbonyl (C=O) groups excluding carboxylic acids is 1. The molecule has 170 valence electrons. The summed E-state index contributed by atoms with van der Waals surface area (Å²) in [4.78, 5) is 29.1. The second-order valence-corrected chi connectivity index (χ2v) is 8.00. The van der Waals surface area contributed by atoms with Gasteiger partial charge in [0.05, 0.1) is 7.11 Å². The van der Waals surface area contributed by atoms with Crippen LogP contribution in [0.15, 0.2) is 89.5 Å². The number of carboxylic acid groups (broad SMARTS) is 1. The lowest BCUT2D eigenvalue weighted by atomic mass is 10.0. The summed E-state index contributed by atoms with van der Waals surface area (Å²) in [5, 5.41) is 11.8. The van der Waals surface area contributed by atoms with Gasteiger partial charge in [-0.1, -0.05) is 42.5 Å². The number of carbonyl (C=O) groups is 2. The normalized spacial score (nSPS) is 12.0. The molecule has 0 spiro atoms. The number of aromatic amines is 1. The number of ether oxygens (including phenoxy) is 1. The molecule has 2 aromatic heterocycles. The van der Waals surface area contributed by atoms with Crippen molar-refractivity contribution >= 4 is 39.8 Å². The fourth-order valence-corrected chi connectivity index (χ4v) is 4.16. The number of furan rings is 1. The molecule has 0 saturated carbocycles. The highest BCUT2D eigenvalue weighted by Gasteiger charge is 2.34. The Hall–Kier alpha value is -4.52.